The number of carbonyl (C=O) groups is 3. The average Bonchev–Trinajstić information content (AvgIpc) is 2.88. The third kappa shape index (κ3) is 4.36. The van der Waals surface area contributed by atoms with E-state index in [1.807, 2.05) is 6.92 Å². The summed E-state index contributed by atoms with van der Waals surface area (Å²) in [6.07, 6.45) is 2.18. The van der Waals surface area contributed by atoms with Crippen LogP contribution in [0, 0.1) is 5.92 Å². The number of hydrogen-bond acceptors (Lipinski definition) is 6. The van der Waals surface area contributed by atoms with Crippen LogP contribution in [-0.4, -0.2) is 58.8 Å². The number of carboxylic acids is 1. The maximum atomic E-state index is 12.6. The van der Waals surface area contributed by atoms with Gasteiger partial charge < -0.3 is 20.5 Å². The largest absolute Gasteiger partial charge is 0.481 e. The van der Waals surface area contributed by atoms with Crippen molar-refractivity contribution in [1.29, 1.82) is 0 Å². The van der Waals surface area contributed by atoms with E-state index in [0.717, 1.165) is 19.3 Å². The Balaban J connectivity index is 3.06. The molecule has 0 heterocycles. The highest BCUT2D eigenvalue weighted by Gasteiger charge is 2.41. The normalized spacial score (nSPS) is 23.6. The molecule has 0 aromatic carbocycles. The standard InChI is InChI=1S/C14H24N2O5S/c1-8-4-3-5-10(8)16(11(7-22)14(20)21-2)13(19)9(15)6-12(17)18/h8-11,22H,3-7,15H2,1-2H3,(H,17,18)/t8?,9-,10-,11-/m0/s1. The van der Waals surface area contributed by atoms with Crippen molar-refractivity contribution in [2.75, 3.05) is 12.9 Å². The summed E-state index contributed by atoms with van der Waals surface area (Å²) in [5.41, 5.74) is 5.72. The number of aliphatic carboxylic acids is 1. The number of amides is 1. The van der Waals surface area contributed by atoms with Gasteiger partial charge in [0.15, 0.2) is 0 Å². The van der Waals surface area contributed by atoms with Crippen molar-refractivity contribution < 1.29 is 24.2 Å². The molecule has 1 fully saturated rings. The molecule has 1 aliphatic carbocycles. The molecule has 1 aliphatic rings. The molecule has 7 nitrogen and oxygen atoms in total. The Morgan fingerprint density at radius 2 is 2.05 bits per heavy atom. The van der Waals surface area contributed by atoms with Gasteiger partial charge in [-0.3, -0.25) is 9.59 Å². The van der Waals surface area contributed by atoms with Crippen molar-refractivity contribution in [2.24, 2.45) is 11.7 Å². The molecule has 4 atom stereocenters. The maximum absolute atomic E-state index is 12.6. The first kappa shape index (κ1) is 18.8. The van der Waals surface area contributed by atoms with Crippen molar-refractivity contribution in [1.82, 2.24) is 4.90 Å². The number of ether oxygens (including phenoxy) is 1. The van der Waals surface area contributed by atoms with Crippen LogP contribution in [0.25, 0.3) is 0 Å². The van der Waals surface area contributed by atoms with Crippen LogP contribution in [0.1, 0.15) is 32.6 Å². The van der Waals surface area contributed by atoms with Crippen molar-refractivity contribution in [3.05, 3.63) is 0 Å². The predicted molar refractivity (Wildman–Crippen MR) is 83.5 cm³/mol. The van der Waals surface area contributed by atoms with Gasteiger partial charge in [0.25, 0.3) is 0 Å². The molecule has 1 rings (SSSR count). The van der Waals surface area contributed by atoms with E-state index in [1.165, 1.54) is 12.0 Å². The highest BCUT2D eigenvalue weighted by atomic mass is 32.1. The zero-order valence-electron chi connectivity index (χ0n) is 12.9. The third-order valence-corrected chi connectivity index (χ3v) is 4.47. The van der Waals surface area contributed by atoms with Gasteiger partial charge in [0.2, 0.25) is 5.91 Å². The molecule has 1 amide bonds. The monoisotopic (exact) mass is 332 g/mol. The number of nitrogens with two attached hydrogens (primary N) is 1. The number of carboxylic acid groups (broad SMARTS) is 1. The zero-order chi connectivity index (χ0) is 16.9. The molecule has 22 heavy (non-hydrogen) atoms. The highest BCUT2D eigenvalue weighted by molar-refractivity contribution is 7.80. The smallest absolute Gasteiger partial charge is 0.329 e. The molecule has 0 aromatic rings. The SMILES string of the molecule is COC(=O)[C@H](CS)N(C(=O)[C@@H](N)CC(=O)O)[C@H]1CCCC1C. The van der Waals surface area contributed by atoms with Crippen molar-refractivity contribution >= 4 is 30.5 Å². The third-order valence-electron chi connectivity index (χ3n) is 4.12. The van der Waals surface area contributed by atoms with Crippen molar-refractivity contribution in [3.8, 4) is 0 Å². The summed E-state index contributed by atoms with van der Waals surface area (Å²) >= 11 is 4.15. The molecule has 0 bridgehead atoms. The Bertz CT molecular complexity index is 431. The molecule has 0 radical (unpaired) electrons. The fraction of sp³-hybridized carbons (Fsp3) is 0.786. The number of thiol groups is 1. The van der Waals surface area contributed by atoms with Gasteiger partial charge in [0, 0.05) is 11.8 Å². The van der Waals surface area contributed by atoms with Gasteiger partial charge in [0.05, 0.1) is 19.6 Å². The second kappa shape index (κ2) is 8.38. The molecule has 8 heteroatoms. The summed E-state index contributed by atoms with van der Waals surface area (Å²) < 4.78 is 4.75. The van der Waals surface area contributed by atoms with Crippen LogP contribution < -0.4 is 5.73 Å². The number of methoxy groups -OCH3 is 1. The van der Waals surface area contributed by atoms with Crippen LogP contribution in [0.2, 0.25) is 0 Å². The van der Waals surface area contributed by atoms with E-state index in [-0.39, 0.29) is 17.7 Å². The molecule has 0 saturated heterocycles. The summed E-state index contributed by atoms with van der Waals surface area (Å²) in [6, 6.07) is -2.19. The van der Waals surface area contributed by atoms with E-state index in [4.69, 9.17) is 15.6 Å². The molecular weight excluding hydrogens is 308 g/mol. The first-order valence-corrected chi connectivity index (χ1v) is 7.94. The second-order valence-corrected chi connectivity index (χ2v) is 6.01. The van der Waals surface area contributed by atoms with Gasteiger partial charge >= 0.3 is 11.9 Å². The van der Waals surface area contributed by atoms with E-state index in [9.17, 15) is 14.4 Å². The molecule has 0 spiro atoms. The van der Waals surface area contributed by atoms with Crippen LogP contribution in [0.3, 0.4) is 0 Å². The van der Waals surface area contributed by atoms with Gasteiger partial charge in [-0.25, -0.2) is 4.79 Å². The van der Waals surface area contributed by atoms with E-state index >= 15 is 0 Å². The average molecular weight is 332 g/mol. The van der Waals surface area contributed by atoms with Gasteiger partial charge in [-0.05, 0) is 18.8 Å². The van der Waals surface area contributed by atoms with Crippen molar-refractivity contribution in [2.45, 2.75) is 50.7 Å². The maximum Gasteiger partial charge on any atom is 0.329 e. The summed E-state index contributed by atoms with van der Waals surface area (Å²) in [5, 5.41) is 8.83. The topological polar surface area (TPSA) is 110 Å². The van der Waals surface area contributed by atoms with Crippen LogP contribution in [0.4, 0.5) is 0 Å². The Hall–Kier alpha value is -1.28. The number of rotatable bonds is 7. The Morgan fingerprint density at radius 1 is 1.41 bits per heavy atom. The van der Waals surface area contributed by atoms with Crippen LogP contribution in [-0.2, 0) is 19.1 Å². The summed E-state index contributed by atoms with van der Waals surface area (Å²) in [4.78, 5) is 36.8. The van der Waals surface area contributed by atoms with Gasteiger partial charge in [0.1, 0.15) is 6.04 Å². The van der Waals surface area contributed by atoms with E-state index < -0.39 is 36.4 Å². The lowest BCUT2D eigenvalue weighted by Crippen LogP contribution is -2.57. The molecular formula is C14H24N2O5S. The van der Waals surface area contributed by atoms with Crippen LogP contribution in [0.5, 0.6) is 0 Å². The zero-order valence-corrected chi connectivity index (χ0v) is 13.8. The van der Waals surface area contributed by atoms with Crippen LogP contribution >= 0.6 is 12.6 Å². The first-order chi connectivity index (χ1) is 10.3. The number of nitrogens with zero attached hydrogens (tertiary/aromatic N) is 1. The molecule has 1 unspecified atom stereocenters. The number of carbonyl (C=O) groups excluding carboxylic acids is 2. The molecule has 0 aromatic heterocycles. The first-order valence-electron chi connectivity index (χ1n) is 7.31. The van der Waals surface area contributed by atoms with Gasteiger partial charge in [-0.1, -0.05) is 13.3 Å². The number of hydrogen-bond donors (Lipinski definition) is 3. The lowest BCUT2D eigenvalue weighted by Gasteiger charge is -2.37. The summed E-state index contributed by atoms with van der Waals surface area (Å²) in [7, 11) is 1.25. The predicted octanol–water partition coefficient (Wildman–Crippen LogP) is 0.277. The van der Waals surface area contributed by atoms with Crippen molar-refractivity contribution in [3.63, 3.8) is 0 Å². The Labute approximate surface area is 135 Å². The fourth-order valence-electron chi connectivity index (χ4n) is 2.97. The van der Waals surface area contributed by atoms with E-state index in [1.54, 1.807) is 0 Å². The highest BCUT2D eigenvalue weighted by Crippen LogP contribution is 2.31. The second-order valence-electron chi connectivity index (χ2n) is 5.65. The minimum atomic E-state index is -1.18. The minimum Gasteiger partial charge on any atom is -0.481 e. The lowest BCUT2D eigenvalue weighted by atomic mass is 10.0. The quantitative estimate of drug-likeness (QED) is 0.456. The molecule has 126 valence electrons. The van der Waals surface area contributed by atoms with Crippen LogP contribution in [0.15, 0.2) is 0 Å². The number of esters is 1. The van der Waals surface area contributed by atoms with E-state index in [2.05, 4.69) is 12.6 Å². The Kier molecular flexibility index (Phi) is 7.15. The van der Waals surface area contributed by atoms with E-state index in [0.29, 0.717) is 0 Å². The van der Waals surface area contributed by atoms with Gasteiger partial charge in [-0.15, -0.1) is 0 Å². The molecule has 0 aliphatic heterocycles. The molecule has 1 saturated carbocycles. The summed E-state index contributed by atoms with van der Waals surface area (Å²) in [5.74, 6) is -1.94. The Morgan fingerprint density at radius 3 is 2.45 bits per heavy atom. The minimum absolute atomic E-state index is 0.0986. The fourth-order valence-corrected chi connectivity index (χ4v) is 3.29. The lowest BCUT2D eigenvalue weighted by molar-refractivity contribution is -0.155. The summed E-state index contributed by atoms with van der Waals surface area (Å²) in [6.45, 7) is 2.01. The molecule has 3 N–H and O–H groups in total. The van der Waals surface area contributed by atoms with Gasteiger partial charge in [-0.2, -0.15) is 12.6 Å².